The molecule has 2 aromatic carbocycles. The molecular weight excluding hydrogens is 316 g/mol. The van der Waals surface area contributed by atoms with Crippen LogP contribution >= 0.6 is 11.8 Å². The van der Waals surface area contributed by atoms with Gasteiger partial charge < -0.3 is 0 Å². The summed E-state index contributed by atoms with van der Waals surface area (Å²) in [6.07, 6.45) is 2.70. The summed E-state index contributed by atoms with van der Waals surface area (Å²) in [6, 6.07) is 13.0. The number of benzene rings is 2. The lowest BCUT2D eigenvalue weighted by molar-refractivity contribution is 0.602. The number of aromatic nitrogens is 2. The fourth-order valence-electron chi connectivity index (χ4n) is 2.04. The van der Waals surface area contributed by atoms with Crippen molar-refractivity contribution in [3.05, 3.63) is 54.4 Å². The average molecular weight is 330 g/mol. The van der Waals surface area contributed by atoms with Crippen LogP contribution in [-0.2, 0) is 9.84 Å². The van der Waals surface area contributed by atoms with Gasteiger partial charge in [0, 0.05) is 16.5 Å². The van der Waals surface area contributed by atoms with Gasteiger partial charge in [-0.2, -0.15) is 0 Å². The first-order valence-electron chi connectivity index (χ1n) is 6.63. The summed E-state index contributed by atoms with van der Waals surface area (Å²) in [5, 5.41) is 1.50. The van der Waals surface area contributed by atoms with Gasteiger partial charge in [0.05, 0.1) is 10.4 Å². The number of hydrogen-bond donors (Lipinski definition) is 0. The molecule has 0 aliphatic rings. The van der Waals surface area contributed by atoms with E-state index in [1.807, 2.05) is 31.2 Å². The molecule has 0 aliphatic heterocycles. The van der Waals surface area contributed by atoms with Crippen LogP contribution in [0, 0.1) is 6.92 Å². The number of rotatable bonds is 3. The molecule has 0 saturated heterocycles. The molecule has 3 rings (SSSR count). The van der Waals surface area contributed by atoms with Crippen LogP contribution in [0.1, 0.15) is 5.56 Å². The van der Waals surface area contributed by atoms with Crippen LogP contribution in [0.25, 0.3) is 10.9 Å². The van der Waals surface area contributed by atoms with Crippen molar-refractivity contribution < 1.29 is 8.42 Å². The first kappa shape index (κ1) is 15.0. The van der Waals surface area contributed by atoms with Crippen molar-refractivity contribution in [3.8, 4) is 0 Å². The molecule has 0 bridgehead atoms. The van der Waals surface area contributed by atoms with Gasteiger partial charge in [0.25, 0.3) is 0 Å². The van der Waals surface area contributed by atoms with E-state index in [4.69, 9.17) is 0 Å². The molecule has 112 valence electrons. The van der Waals surface area contributed by atoms with Gasteiger partial charge in [-0.05, 0) is 37.3 Å². The minimum atomic E-state index is -3.25. The molecule has 0 aliphatic carbocycles. The zero-order valence-electron chi connectivity index (χ0n) is 12.1. The van der Waals surface area contributed by atoms with E-state index in [1.54, 1.807) is 18.2 Å². The van der Waals surface area contributed by atoms with Gasteiger partial charge in [-0.25, -0.2) is 18.4 Å². The van der Waals surface area contributed by atoms with E-state index in [-0.39, 0.29) is 4.90 Å². The highest BCUT2D eigenvalue weighted by atomic mass is 32.2. The second kappa shape index (κ2) is 5.70. The Bertz CT molecular complexity index is 936. The maximum Gasteiger partial charge on any atom is 0.175 e. The Labute approximate surface area is 133 Å². The lowest BCUT2D eigenvalue weighted by atomic mass is 10.2. The Morgan fingerprint density at radius 1 is 1.00 bits per heavy atom. The fourth-order valence-corrected chi connectivity index (χ4v) is 3.56. The van der Waals surface area contributed by atoms with Crippen molar-refractivity contribution in [1.82, 2.24) is 9.97 Å². The third-order valence-corrected chi connectivity index (χ3v) is 5.37. The monoisotopic (exact) mass is 330 g/mol. The Hall–Kier alpha value is -1.92. The molecule has 0 saturated carbocycles. The van der Waals surface area contributed by atoms with Crippen molar-refractivity contribution >= 4 is 32.5 Å². The molecule has 0 radical (unpaired) electrons. The summed E-state index contributed by atoms with van der Waals surface area (Å²) in [7, 11) is -3.25. The number of fused-ring (bicyclic) bond motifs is 1. The maximum absolute atomic E-state index is 11.7. The lowest BCUT2D eigenvalue weighted by Crippen LogP contribution is -1.97. The Kier molecular flexibility index (Phi) is 3.88. The summed E-state index contributed by atoms with van der Waals surface area (Å²) in [5.41, 5.74) is 1.92. The molecule has 6 heteroatoms. The number of nitrogens with zero attached hydrogens (tertiary/aromatic N) is 2. The summed E-state index contributed by atoms with van der Waals surface area (Å²) >= 11 is 1.50. The summed E-state index contributed by atoms with van der Waals surface area (Å²) in [5.74, 6) is 0. The predicted octanol–water partition coefficient (Wildman–Crippen LogP) is 3.49. The number of hydrogen-bond acceptors (Lipinski definition) is 5. The molecule has 4 nitrogen and oxygen atoms in total. The highest BCUT2D eigenvalue weighted by molar-refractivity contribution is 7.99. The molecule has 0 N–H and O–H groups in total. The fraction of sp³-hybridized carbons (Fsp3) is 0.125. The molecule has 1 aromatic heterocycles. The molecule has 0 unspecified atom stereocenters. The van der Waals surface area contributed by atoms with E-state index in [0.29, 0.717) is 0 Å². The smallest absolute Gasteiger partial charge is 0.175 e. The molecular formula is C16H14N2O2S2. The maximum atomic E-state index is 11.7. The molecule has 0 spiro atoms. The minimum absolute atomic E-state index is 0.278. The molecule has 1 heterocycles. The van der Waals surface area contributed by atoms with Crippen molar-refractivity contribution in [2.75, 3.05) is 6.26 Å². The van der Waals surface area contributed by atoms with Gasteiger partial charge in [-0.15, -0.1) is 0 Å². The summed E-state index contributed by atoms with van der Waals surface area (Å²) in [4.78, 5) is 9.84. The van der Waals surface area contributed by atoms with Gasteiger partial charge in [0.1, 0.15) is 11.4 Å². The van der Waals surface area contributed by atoms with Crippen LogP contribution in [0.2, 0.25) is 0 Å². The van der Waals surface area contributed by atoms with E-state index in [9.17, 15) is 8.42 Å². The summed E-state index contributed by atoms with van der Waals surface area (Å²) in [6.45, 7) is 2.03. The van der Waals surface area contributed by atoms with Crippen molar-refractivity contribution in [2.45, 2.75) is 21.7 Å². The van der Waals surface area contributed by atoms with Crippen molar-refractivity contribution in [3.63, 3.8) is 0 Å². The molecule has 0 amide bonds. The predicted molar refractivity (Wildman–Crippen MR) is 87.9 cm³/mol. The minimum Gasteiger partial charge on any atom is -0.236 e. The second-order valence-corrected chi connectivity index (χ2v) is 8.12. The van der Waals surface area contributed by atoms with Crippen LogP contribution < -0.4 is 0 Å². The normalized spacial score (nSPS) is 11.7. The topological polar surface area (TPSA) is 59.9 Å². The van der Waals surface area contributed by atoms with Gasteiger partial charge in [-0.3, -0.25) is 0 Å². The van der Waals surface area contributed by atoms with Crippen molar-refractivity contribution in [1.29, 1.82) is 0 Å². The largest absolute Gasteiger partial charge is 0.236 e. The Morgan fingerprint density at radius 3 is 2.41 bits per heavy atom. The average Bonchev–Trinajstić information content (AvgIpc) is 2.48. The Balaban J connectivity index is 2.10. The first-order chi connectivity index (χ1) is 10.4. The van der Waals surface area contributed by atoms with Crippen molar-refractivity contribution in [2.24, 2.45) is 0 Å². The highest BCUT2D eigenvalue weighted by Crippen LogP contribution is 2.32. The highest BCUT2D eigenvalue weighted by Gasteiger charge is 2.11. The van der Waals surface area contributed by atoms with Gasteiger partial charge in [0.15, 0.2) is 9.84 Å². The molecule has 22 heavy (non-hydrogen) atoms. The second-order valence-electron chi connectivity index (χ2n) is 5.05. The standard InChI is InChI=1S/C16H14N2O2S2/c1-11-3-5-12(6-4-11)21-16-14-9-13(22(2,19)20)7-8-15(14)17-10-18-16/h3-10H,1-2H3. The molecule has 0 fully saturated rings. The van der Waals surface area contributed by atoms with Crippen LogP contribution in [0.3, 0.4) is 0 Å². The zero-order valence-corrected chi connectivity index (χ0v) is 13.8. The van der Waals surface area contributed by atoms with Gasteiger partial charge in [-0.1, -0.05) is 29.5 Å². The van der Waals surface area contributed by atoms with E-state index in [2.05, 4.69) is 9.97 Å². The third kappa shape index (κ3) is 3.13. The van der Waals surface area contributed by atoms with Crippen LogP contribution in [0.15, 0.2) is 63.6 Å². The van der Waals surface area contributed by atoms with Crippen LogP contribution in [0.5, 0.6) is 0 Å². The summed E-state index contributed by atoms with van der Waals surface area (Å²) < 4.78 is 23.5. The van der Waals surface area contributed by atoms with Gasteiger partial charge in [0.2, 0.25) is 0 Å². The van der Waals surface area contributed by atoms with E-state index in [0.717, 1.165) is 20.8 Å². The Morgan fingerprint density at radius 2 is 1.73 bits per heavy atom. The molecule has 0 atom stereocenters. The number of sulfone groups is 1. The van der Waals surface area contributed by atoms with Crippen LogP contribution in [0.4, 0.5) is 0 Å². The number of aryl methyl sites for hydroxylation is 1. The lowest BCUT2D eigenvalue weighted by Gasteiger charge is -2.06. The van der Waals surface area contributed by atoms with E-state index < -0.39 is 9.84 Å². The van der Waals surface area contributed by atoms with E-state index in [1.165, 1.54) is 29.9 Å². The van der Waals surface area contributed by atoms with E-state index >= 15 is 0 Å². The molecule has 3 aromatic rings. The van der Waals surface area contributed by atoms with Crippen LogP contribution in [-0.4, -0.2) is 24.6 Å². The third-order valence-electron chi connectivity index (χ3n) is 3.23. The van der Waals surface area contributed by atoms with Gasteiger partial charge >= 0.3 is 0 Å². The first-order valence-corrected chi connectivity index (χ1v) is 9.33. The quantitative estimate of drug-likeness (QED) is 0.688. The SMILES string of the molecule is Cc1ccc(Sc2ncnc3ccc(S(C)(=O)=O)cc23)cc1. The zero-order chi connectivity index (χ0) is 15.7.